The van der Waals surface area contributed by atoms with Gasteiger partial charge in [0.2, 0.25) is 11.9 Å². The van der Waals surface area contributed by atoms with Gasteiger partial charge in [-0.05, 0) is 25.8 Å². The molecule has 1 saturated heterocycles. The number of aliphatic hydroxyl groups is 2. The molecule has 0 spiro atoms. The second kappa shape index (κ2) is 19.7. The second-order valence-corrected chi connectivity index (χ2v) is 12.4. The number of fused-ring (bicyclic) bond motifs is 1. The van der Waals surface area contributed by atoms with Crippen molar-refractivity contribution in [1.82, 2.24) is 19.5 Å². The highest BCUT2D eigenvalue weighted by Gasteiger charge is 2.42. The number of hydrogen-bond acceptors (Lipinski definition) is 10. The van der Waals surface area contributed by atoms with Gasteiger partial charge in [0, 0.05) is 12.8 Å². The molecular weight excluding hydrogens is 578 g/mol. The molecule has 45 heavy (non-hydrogen) atoms. The SMILES string of the molecule is CCCCCCCCCCCCCCCC(=O)C(O)[C@H]1O[C@@H](n2cnc3c(=O)[nH]c(NC(=O)[C@@H](N)CCCCN)nc32)C[C@@H]1O. The summed E-state index contributed by atoms with van der Waals surface area (Å²) in [6.45, 7) is 2.75. The molecule has 0 aliphatic carbocycles. The van der Waals surface area contributed by atoms with Crippen molar-refractivity contribution in [3.8, 4) is 0 Å². The quantitative estimate of drug-likeness (QED) is 0.0979. The highest BCUT2D eigenvalue weighted by molar-refractivity contribution is 5.93. The molecule has 3 heterocycles. The van der Waals surface area contributed by atoms with E-state index >= 15 is 0 Å². The Morgan fingerprint density at radius 1 is 1.04 bits per heavy atom. The van der Waals surface area contributed by atoms with Gasteiger partial charge in [-0.3, -0.25) is 29.3 Å². The molecule has 0 saturated carbocycles. The third kappa shape index (κ3) is 11.5. The van der Waals surface area contributed by atoms with Crippen molar-refractivity contribution in [2.45, 2.75) is 153 Å². The summed E-state index contributed by atoms with van der Waals surface area (Å²) in [4.78, 5) is 48.8. The van der Waals surface area contributed by atoms with Crippen LogP contribution < -0.4 is 22.3 Å². The highest BCUT2D eigenvalue weighted by Crippen LogP contribution is 2.32. The molecule has 5 atom stereocenters. The number of unbranched alkanes of at least 4 members (excludes halogenated alkanes) is 13. The summed E-state index contributed by atoms with van der Waals surface area (Å²) >= 11 is 0. The molecule has 1 unspecified atom stereocenters. The molecule has 1 fully saturated rings. The van der Waals surface area contributed by atoms with E-state index in [1.807, 2.05) is 0 Å². The van der Waals surface area contributed by atoms with Crippen LogP contribution in [-0.4, -0.2) is 72.3 Å². The van der Waals surface area contributed by atoms with Crippen molar-refractivity contribution in [3.63, 3.8) is 0 Å². The van der Waals surface area contributed by atoms with Gasteiger partial charge in [-0.2, -0.15) is 4.98 Å². The van der Waals surface area contributed by atoms with Gasteiger partial charge in [0.1, 0.15) is 18.4 Å². The van der Waals surface area contributed by atoms with Crippen LogP contribution in [0.3, 0.4) is 0 Å². The van der Waals surface area contributed by atoms with Crippen LogP contribution in [0, 0.1) is 0 Å². The molecule has 1 amide bonds. The Morgan fingerprint density at radius 2 is 1.67 bits per heavy atom. The van der Waals surface area contributed by atoms with Gasteiger partial charge in [-0.1, -0.05) is 90.4 Å². The average molecular weight is 634 g/mol. The zero-order valence-electron chi connectivity index (χ0n) is 26.9. The molecule has 13 nitrogen and oxygen atoms in total. The van der Waals surface area contributed by atoms with E-state index in [1.54, 1.807) is 0 Å². The Kier molecular flexibility index (Phi) is 16.1. The zero-order chi connectivity index (χ0) is 32.6. The maximum absolute atomic E-state index is 12.7. The van der Waals surface area contributed by atoms with E-state index in [2.05, 4.69) is 27.2 Å². The summed E-state index contributed by atoms with van der Waals surface area (Å²) in [5.41, 5.74) is 11.0. The van der Waals surface area contributed by atoms with Crippen molar-refractivity contribution in [3.05, 3.63) is 16.7 Å². The fourth-order valence-corrected chi connectivity index (χ4v) is 5.83. The summed E-state index contributed by atoms with van der Waals surface area (Å²) in [6, 6.07) is -0.796. The first-order chi connectivity index (χ1) is 21.8. The largest absolute Gasteiger partial charge is 0.390 e. The van der Waals surface area contributed by atoms with Crippen molar-refractivity contribution in [2.24, 2.45) is 11.5 Å². The number of anilines is 1. The smallest absolute Gasteiger partial charge is 0.280 e. The number of aromatic amines is 1. The Bertz CT molecular complexity index is 1230. The predicted octanol–water partition coefficient (Wildman–Crippen LogP) is 3.57. The molecule has 0 bridgehead atoms. The predicted molar refractivity (Wildman–Crippen MR) is 174 cm³/mol. The van der Waals surface area contributed by atoms with Crippen molar-refractivity contribution < 1.29 is 24.5 Å². The molecule has 1 aliphatic heterocycles. The van der Waals surface area contributed by atoms with Crippen LogP contribution in [0.5, 0.6) is 0 Å². The van der Waals surface area contributed by atoms with Crippen molar-refractivity contribution >= 4 is 28.8 Å². The van der Waals surface area contributed by atoms with Crippen LogP contribution in [0.2, 0.25) is 0 Å². The number of imidazole rings is 1. The molecule has 0 aromatic carbocycles. The van der Waals surface area contributed by atoms with Gasteiger partial charge < -0.3 is 26.4 Å². The lowest BCUT2D eigenvalue weighted by Gasteiger charge is -2.20. The number of nitrogens with zero attached hydrogens (tertiary/aromatic N) is 3. The van der Waals surface area contributed by atoms with E-state index in [9.17, 15) is 24.6 Å². The van der Waals surface area contributed by atoms with Gasteiger partial charge >= 0.3 is 0 Å². The Hall–Kier alpha value is -2.71. The number of nitrogens with one attached hydrogen (secondary N) is 2. The minimum atomic E-state index is -1.47. The fourth-order valence-electron chi connectivity index (χ4n) is 5.83. The number of Topliss-reactive ketones (excluding diaryl/α,β-unsaturated/α-hetero) is 1. The van der Waals surface area contributed by atoms with Gasteiger partial charge in [0.15, 0.2) is 16.9 Å². The monoisotopic (exact) mass is 633 g/mol. The zero-order valence-corrected chi connectivity index (χ0v) is 26.9. The number of H-pyrrole nitrogens is 1. The number of aliphatic hydroxyl groups excluding tert-OH is 2. The lowest BCUT2D eigenvalue weighted by molar-refractivity contribution is -0.141. The van der Waals surface area contributed by atoms with Crippen molar-refractivity contribution in [1.29, 1.82) is 0 Å². The van der Waals surface area contributed by atoms with Crippen LogP contribution >= 0.6 is 0 Å². The Morgan fingerprint density at radius 3 is 2.29 bits per heavy atom. The fraction of sp³-hybridized carbons (Fsp3) is 0.781. The maximum atomic E-state index is 12.7. The average Bonchev–Trinajstić information content (AvgIpc) is 3.62. The molecule has 13 heteroatoms. The molecule has 0 radical (unpaired) electrons. The number of ketones is 1. The van der Waals surface area contributed by atoms with E-state index in [0.29, 0.717) is 25.8 Å². The highest BCUT2D eigenvalue weighted by atomic mass is 16.5. The Labute approximate surface area is 265 Å². The summed E-state index contributed by atoms with van der Waals surface area (Å²) in [5, 5.41) is 23.9. The molecule has 2 aromatic rings. The van der Waals surface area contributed by atoms with Crippen LogP contribution in [0.25, 0.3) is 11.2 Å². The second-order valence-electron chi connectivity index (χ2n) is 12.4. The van der Waals surface area contributed by atoms with Gasteiger partial charge in [-0.15, -0.1) is 0 Å². The Balaban J connectivity index is 1.44. The first-order valence-electron chi connectivity index (χ1n) is 17.0. The topological polar surface area (TPSA) is 211 Å². The first-order valence-corrected chi connectivity index (χ1v) is 17.0. The lowest BCUT2D eigenvalue weighted by Crippen LogP contribution is -2.40. The number of nitrogens with two attached hydrogens (primary N) is 2. The molecule has 254 valence electrons. The standard InChI is InChI=1S/C32H55N7O6/c1-2-3-4-5-6-7-8-9-10-11-12-13-14-18-23(40)27(42)28-24(41)20-25(45-28)39-21-35-26-29(39)36-32(38-31(26)44)37-30(43)22(34)17-15-16-19-33/h21-22,24-25,27-28,41-42H,2-20,33-34H2,1H3,(H2,36,37,38,43,44)/t22-,24-,25+,27?,28-/m0/s1. The lowest BCUT2D eigenvalue weighted by atomic mass is 9.99. The molecule has 1 aliphatic rings. The number of hydrogen-bond donors (Lipinski definition) is 6. The molecular formula is C32H55N7O6. The van der Waals surface area contributed by atoms with Crippen molar-refractivity contribution in [2.75, 3.05) is 11.9 Å². The number of amides is 1. The van der Waals surface area contributed by atoms with Gasteiger partial charge in [0.05, 0.1) is 18.5 Å². The number of carbonyl (C=O) groups is 2. The first kappa shape index (κ1) is 36.8. The van der Waals surface area contributed by atoms with Crippen LogP contribution in [0.15, 0.2) is 11.1 Å². The van der Waals surface area contributed by atoms with Gasteiger partial charge in [0.25, 0.3) is 5.56 Å². The number of rotatable bonds is 23. The van der Waals surface area contributed by atoms with E-state index < -0.39 is 42.0 Å². The van der Waals surface area contributed by atoms with Crippen LogP contribution in [-0.2, 0) is 14.3 Å². The maximum Gasteiger partial charge on any atom is 0.280 e. The normalized spacial score (nSPS) is 19.6. The van der Waals surface area contributed by atoms with Crippen LogP contribution in [0.1, 0.15) is 129 Å². The number of aromatic nitrogens is 4. The minimum Gasteiger partial charge on any atom is -0.390 e. The number of ether oxygens (including phenoxy) is 1. The van der Waals surface area contributed by atoms with E-state index in [4.69, 9.17) is 16.2 Å². The van der Waals surface area contributed by atoms with Gasteiger partial charge in [-0.25, -0.2) is 4.98 Å². The summed E-state index contributed by atoms with van der Waals surface area (Å²) in [7, 11) is 0. The van der Waals surface area contributed by atoms with E-state index in [0.717, 1.165) is 25.7 Å². The third-order valence-electron chi connectivity index (χ3n) is 8.59. The van der Waals surface area contributed by atoms with E-state index in [1.165, 1.54) is 68.7 Å². The molecule has 3 rings (SSSR count). The molecule has 8 N–H and O–H groups in total. The summed E-state index contributed by atoms with van der Waals surface area (Å²) < 4.78 is 7.37. The minimum absolute atomic E-state index is 0.0146. The summed E-state index contributed by atoms with van der Waals surface area (Å²) in [6.07, 6.45) is 14.6. The molecule has 2 aromatic heterocycles. The number of carbonyl (C=O) groups excluding carboxylic acids is 2. The summed E-state index contributed by atoms with van der Waals surface area (Å²) in [5.74, 6) is -0.962. The van der Waals surface area contributed by atoms with E-state index in [-0.39, 0.29) is 35.7 Å². The van der Waals surface area contributed by atoms with Crippen LogP contribution in [0.4, 0.5) is 5.95 Å². The third-order valence-corrected chi connectivity index (χ3v) is 8.59.